The molecule has 0 amide bonds. The van der Waals surface area contributed by atoms with Gasteiger partial charge in [-0.1, -0.05) is 5.16 Å². The van der Waals surface area contributed by atoms with Crippen LogP contribution in [0.4, 0.5) is 0 Å². The molecule has 5 heteroatoms. The molecule has 0 aromatic carbocycles. The van der Waals surface area contributed by atoms with Crippen molar-refractivity contribution in [2.75, 3.05) is 6.54 Å². The molecule has 0 saturated heterocycles. The molecule has 1 fully saturated rings. The van der Waals surface area contributed by atoms with Gasteiger partial charge in [0.2, 0.25) is 5.89 Å². The predicted molar refractivity (Wildman–Crippen MR) is 56.1 cm³/mol. The largest absolute Gasteiger partial charge is 0.338 e. The fourth-order valence-electron chi connectivity index (χ4n) is 1.79. The maximum absolute atomic E-state index is 5.79. The molecule has 0 spiro atoms. The lowest BCUT2D eigenvalue weighted by Gasteiger charge is -2.28. The zero-order chi connectivity index (χ0) is 10.9. The molecule has 15 heavy (non-hydrogen) atoms. The van der Waals surface area contributed by atoms with E-state index >= 15 is 0 Å². The van der Waals surface area contributed by atoms with Gasteiger partial charge in [-0.05, 0) is 32.6 Å². The van der Waals surface area contributed by atoms with Crippen molar-refractivity contribution in [2.24, 2.45) is 11.7 Å². The molecule has 2 rings (SSSR count). The molecule has 1 aromatic rings. The van der Waals surface area contributed by atoms with E-state index in [1.165, 1.54) is 12.8 Å². The highest BCUT2D eigenvalue weighted by Crippen LogP contribution is 2.39. The summed E-state index contributed by atoms with van der Waals surface area (Å²) in [5.41, 5.74) is 5.80. The Kier molecular flexibility index (Phi) is 2.75. The van der Waals surface area contributed by atoms with Gasteiger partial charge in [-0.25, -0.2) is 0 Å². The Morgan fingerprint density at radius 2 is 2.33 bits per heavy atom. The highest BCUT2D eigenvalue weighted by molar-refractivity contribution is 4.99. The minimum Gasteiger partial charge on any atom is -0.338 e. The van der Waals surface area contributed by atoms with Gasteiger partial charge >= 0.3 is 0 Å². The smallest absolute Gasteiger partial charge is 0.240 e. The molecule has 1 aliphatic carbocycles. The monoisotopic (exact) mass is 210 g/mol. The summed E-state index contributed by atoms with van der Waals surface area (Å²) < 4.78 is 5.04. The minimum absolute atomic E-state index is 0.0162. The van der Waals surface area contributed by atoms with Crippen LogP contribution in [0.3, 0.4) is 0 Å². The third kappa shape index (κ3) is 2.35. The van der Waals surface area contributed by atoms with Crippen molar-refractivity contribution < 1.29 is 4.52 Å². The first-order chi connectivity index (χ1) is 7.14. The van der Waals surface area contributed by atoms with Gasteiger partial charge < -0.3 is 15.6 Å². The molecule has 0 bridgehead atoms. The van der Waals surface area contributed by atoms with Gasteiger partial charge in [0, 0.05) is 12.1 Å². The van der Waals surface area contributed by atoms with Gasteiger partial charge in [0.15, 0.2) is 5.82 Å². The fourth-order valence-corrected chi connectivity index (χ4v) is 1.79. The summed E-state index contributed by atoms with van der Waals surface area (Å²) in [5.74, 6) is 2.01. The second-order valence-electron chi connectivity index (χ2n) is 4.48. The Morgan fingerprint density at radius 1 is 1.60 bits per heavy atom. The van der Waals surface area contributed by atoms with Crippen LogP contribution < -0.4 is 11.1 Å². The van der Waals surface area contributed by atoms with Gasteiger partial charge in [-0.2, -0.15) is 4.98 Å². The average molecular weight is 210 g/mol. The van der Waals surface area contributed by atoms with Crippen molar-refractivity contribution in [1.82, 2.24) is 15.5 Å². The lowest BCUT2D eigenvalue weighted by molar-refractivity contribution is 0.286. The van der Waals surface area contributed by atoms with Crippen molar-refractivity contribution in [3.8, 4) is 0 Å². The number of aryl methyl sites for hydroxylation is 1. The first-order valence-electron chi connectivity index (χ1n) is 5.38. The molecule has 5 nitrogen and oxygen atoms in total. The third-order valence-corrected chi connectivity index (χ3v) is 3.12. The van der Waals surface area contributed by atoms with Crippen molar-refractivity contribution >= 4 is 0 Å². The van der Waals surface area contributed by atoms with E-state index in [2.05, 4.69) is 22.4 Å². The molecule has 0 radical (unpaired) electrons. The zero-order valence-electron chi connectivity index (χ0n) is 9.29. The maximum Gasteiger partial charge on any atom is 0.240 e. The summed E-state index contributed by atoms with van der Waals surface area (Å²) in [7, 11) is 0. The number of aromatic nitrogens is 2. The lowest BCUT2D eigenvalue weighted by Crippen LogP contribution is -2.50. The van der Waals surface area contributed by atoms with Gasteiger partial charge in [-0.15, -0.1) is 0 Å². The predicted octanol–water partition coefficient (Wildman–Crippen LogP) is 0.595. The van der Waals surface area contributed by atoms with E-state index in [1.807, 2.05) is 6.92 Å². The normalized spacial score (nSPS) is 20.2. The van der Waals surface area contributed by atoms with Crippen LogP contribution in [0.15, 0.2) is 4.52 Å². The highest BCUT2D eigenvalue weighted by Gasteiger charge is 2.40. The molecule has 0 aliphatic heterocycles. The number of nitrogens with two attached hydrogens (primary N) is 1. The van der Waals surface area contributed by atoms with E-state index in [0.29, 0.717) is 30.7 Å². The van der Waals surface area contributed by atoms with E-state index < -0.39 is 0 Å². The van der Waals surface area contributed by atoms with E-state index in [0.717, 1.165) is 0 Å². The summed E-state index contributed by atoms with van der Waals surface area (Å²) in [6, 6.07) is 0. The Morgan fingerprint density at radius 3 is 2.80 bits per heavy atom. The Bertz CT molecular complexity index is 334. The molecule has 1 aromatic heterocycles. The molecular weight excluding hydrogens is 192 g/mol. The summed E-state index contributed by atoms with van der Waals surface area (Å²) in [4.78, 5) is 4.15. The van der Waals surface area contributed by atoms with Crippen LogP contribution in [0.2, 0.25) is 0 Å². The van der Waals surface area contributed by atoms with Crippen molar-refractivity contribution in [2.45, 2.75) is 38.8 Å². The van der Waals surface area contributed by atoms with E-state index in [9.17, 15) is 0 Å². The van der Waals surface area contributed by atoms with Crippen LogP contribution in [0, 0.1) is 12.8 Å². The first-order valence-corrected chi connectivity index (χ1v) is 5.38. The van der Waals surface area contributed by atoms with Crippen LogP contribution in [-0.4, -0.2) is 22.2 Å². The molecule has 1 unspecified atom stereocenters. The van der Waals surface area contributed by atoms with Crippen molar-refractivity contribution in [3.63, 3.8) is 0 Å². The highest BCUT2D eigenvalue weighted by atomic mass is 16.5. The number of rotatable bonds is 5. The molecule has 1 saturated carbocycles. The van der Waals surface area contributed by atoms with E-state index in [4.69, 9.17) is 10.3 Å². The van der Waals surface area contributed by atoms with E-state index in [1.54, 1.807) is 0 Å². The minimum atomic E-state index is 0.0162. The third-order valence-electron chi connectivity index (χ3n) is 3.12. The molecule has 1 aliphatic rings. The standard InChI is InChI=1S/C10H18N4O/c1-7-13-9(15-14-7)5-12-10(2,6-11)8-3-4-8/h8,12H,3-6,11H2,1-2H3. The van der Waals surface area contributed by atoms with Crippen molar-refractivity contribution in [3.05, 3.63) is 11.7 Å². The Labute approximate surface area is 89.4 Å². The molecule has 84 valence electrons. The number of hydrogen-bond acceptors (Lipinski definition) is 5. The van der Waals surface area contributed by atoms with E-state index in [-0.39, 0.29) is 5.54 Å². The lowest BCUT2D eigenvalue weighted by atomic mass is 9.96. The van der Waals surface area contributed by atoms with Crippen LogP contribution >= 0.6 is 0 Å². The van der Waals surface area contributed by atoms with Crippen LogP contribution in [0.25, 0.3) is 0 Å². The SMILES string of the molecule is Cc1noc(CNC(C)(CN)C2CC2)n1. The second kappa shape index (κ2) is 3.90. The Hall–Kier alpha value is -0.940. The van der Waals surface area contributed by atoms with Gasteiger partial charge in [0.05, 0.1) is 6.54 Å². The van der Waals surface area contributed by atoms with Gasteiger partial charge in [-0.3, -0.25) is 0 Å². The first kappa shape index (κ1) is 10.6. The van der Waals surface area contributed by atoms with Crippen LogP contribution in [0.1, 0.15) is 31.5 Å². The topological polar surface area (TPSA) is 77.0 Å². The molecule has 1 atom stereocenters. The fraction of sp³-hybridized carbons (Fsp3) is 0.800. The second-order valence-corrected chi connectivity index (χ2v) is 4.48. The quantitative estimate of drug-likeness (QED) is 0.744. The zero-order valence-corrected chi connectivity index (χ0v) is 9.29. The molecule has 3 N–H and O–H groups in total. The number of nitrogens with one attached hydrogen (secondary N) is 1. The average Bonchev–Trinajstić information content (AvgIpc) is 3.00. The van der Waals surface area contributed by atoms with Gasteiger partial charge in [0.25, 0.3) is 0 Å². The maximum atomic E-state index is 5.79. The summed E-state index contributed by atoms with van der Waals surface area (Å²) in [5, 5.41) is 7.16. The van der Waals surface area contributed by atoms with Crippen LogP contribution in [-0.2, 0) is 6.54 Å². The number of hydrogen-bond donors (Lipinski definition) is 2. The summed E-state index contributed by atoms with van der Waals surface area (Å²) >= 11 is 0. The van der Waals surface area contributed by atoms with Crippen LogP contribution in [0.5, 0.6) is 0 Å². The molecular formula is C10H18N4O. The van der Waals surface area contributed by atoms with Crippen molar-refractivity contribution in [1.29, 1.82) is 0 Å². The number of nitrogens with zero attached hydrogens (tertiary/aromatic N) is 2. The Balaban J connectivity index is 1.91. The summed E-state index contributed by atoms with van der Waals surface area (Å²) in [6.07, 6.45) is 2.53. The molecule has 1 heterocycles. The van der Waals surface area contributed by atoms with Gasteiger partial charge in [0.1, 0.15) is 0 Å². The summed E-state index contributed by atoms with van der Waals surface area (Å²) in [6.45, 7) is 5.22.